The lowest BCUT2D eigenvalue weighted by molar-refractivity contribution is 0.196. The molecule has 0 fully saturated rings. The van der Waals surface area contributed by atoms with Crippen molar-refractivity contribution < 1.29 is 5.11 Å². The van der Waals surface area contributed by atoms with Gasteiger partial charge < -0.3 is 5.11 Å². The van der Waals surface area contributed by atoms with Gasteiger partial charge in [-0.25, -0.2) is 4.98 Å². The van der Waals surface area contributed by atoms with Gasteiger partial charge in [0.1, 0.15) is 5.82 Å². The molecule has 4 heteroatoms. The lowest BCUT2D eigenvalue weighted by atomic mass is 9.96. The highest BCUT2D eigenvalue weighted by atomic mass is 16.3. The maximum atomic E-state index is 9.70. The van der Waals surface area contributed by atoms with E-state index in [1.807, 2.05) is 10.6 Å². The SMILES string of the molecule is CC(O)c1nc(C(C)(C)C)n2ccncc12. The smallest absolute Gasteiger partial charge is 0.119 e. The number of aromatic nitrogens is 3. The van der Waals surface area contributed by atoms with Crippen molar-refractivity contribution in [1.82, 2.24) is 14.4 Å². The topological polar surface area (TPSA) is 50.4 Å². The summed E-state index contributed by atoms with van der Waals surface area (Å²) in [7, 11) is 0. The average Bonchev–Trinajstić information content (AvgIpc) is 2.56. The predicted octanol–water partition coefficient (Wildman–Crippen LogP) is 2.08. The van der Waals surface area contributed by atoms with Gasteiger partial charge in [0.2, 0.25) is 0 Å². The van der Waals surface area contributed by atoms with E-state index in [1.54, 1.807) is 19.3 Å². The second kappa shape index (κ2) is 3.56. The van der Waals surface area contributed by atoms with Crippen molar-refractivity contribution >= 4 is 5.52 Å². The lowest BCUT2D eigenvalue weighted by Crippen LogP contribution is -2.15. The largest absolute Gasteiger partial charge is 0.387 e. The molecule has 0 radical (unpaired) electrons. The monoisotopic (exact) mass is 219 g/mol. The first-order valence-electron chi connectivity index (χ1n) is 5.42. The van der Waals surface area contributed by atoms with Crippen LogP contribution in [0.2, 0.25) is 0 Å². The molecule has 2 rings (SSSR count). The van der Waals surface area contributed by atoms with Crippen LogP contribution in [-0.4, -0.2) is 19.5 Å². The van der Waals surface area contributed by atoms with E-state index >= 15 is 0 Å². The number of hydrogen-bond donors (Lipinski definition) is 1. The fourth-order valence-electron chi connectivity index (χ4n) is 1.80. The number of aliphatic hydroxyl groups excluding tert-OH is 1. The zero-order valence-corrected chi connectivity index (χ0v) is 10.1. The first kappa shape index (κ1) is 11.1. The third-order valence-corrected chi connectivity index (χ3v) is 2.54. The molecule has 0 bridgehead atoms. The van der Waals surface area contributed by atoms with Gasteiger partial charge in [-0.3, -0.25) is 9.38 Å². The van der Waals surface area contributed by atoms with E-state index in [1.165, 1.54) is 0 Å². The van der Waals surface area contributed by atoms with Crippen LogP contribution in [0.1, 0.15) is 45.3 Å². The highest BCUT2D eigenvalue weighted by Gasteiger charge is 2.23. The van der Waals surface area contributed by atoms with Crippen molar-refractivity contribution in [2.45, 2.75) is 39.2 Å². The first-order valence-corrected chi connectivity index (χ1v) is 5.42. The number of hydrogen-bond acceptors (Lipinski definition) is 3. The molecule has 2 aromatic rings. The van der Waals surface area contributed by atoms with E-state index in [0.717, 1.165) is 11.3 Å². The summed E-state index contributed by atoms with van der Waals surface area (Å²) in [6.07, 6.45) is 4.78. The molecule has 2 aromatic heterocycles. The van der Waals surface area contributed by atoms with Crippen molar-refractivity contribution in [2.75, 3.05) is 0 Å². The first-order chi connectivity index (χ1) is 7.41. The molecule has 1 atom stereocenters. The Morgan fingerprint density at radius 1 is 1.38 bits per heavy atom. The average molecular weight is 219 g/mol. The van der Waals surface area contributed by atoms with E-state index in [9.17, 15) is 5.11 Å². The quantitative estimate of drug-likeness (QED) is 0.799. The van der Waals surface area contributed by atoms with Gasteiger partial charge in [-0.05, 0) is 6.92 Å². The van der Waals surface area contributed by atoms with Crippen LogP contribution in [-0.2, 0) is 5.41 Å². The van der Waals surface area contributed by atoms with Gasteiger partial charge in [-0.1, -0.05) is 20.8 Å². The molecule has 16 heavy (non-hydrogen) atoms. The number of nitrogens with zero attached hydrogens (tertiary/aromatic N) is 3. The fraction of sp³-hybridized carbons (Fsp3) is 0.500. The zero-order valence-electron chi connectivity index (χ0n) is 10.1. The lowest BCUT2D eigenvalue weighted by Gasteiger charge is -2.16. The summed E-state index contributed by atoms with van der Waals surface area (Å²) < 4.78 is 2.00. The van der Waals surface area contributed by atoms with Crippen LogP contribution >= 0.6 is 0 Å². The van der Waals surface area contributed by atoms with Crippen LogP contribution in [0.15, 0.2) is 18.6 Å². The summed E-state index contributed by atoms with van der Waals surface area (Å²) in [5.74, 6) is 0.945. The van der Waals surface area contributed by atoms with E-state index in [4.69, 9.17) is 0 Å². The van der Waals surface area contributed by atoms with Crippen LogP contribution in [0.25, 0.3) is 5.52 Å². The van der Waals surface area contributed by atoms with Crippen LogP contribution < -0.4 is 0 Å². The normalized spacial score (nSPS) is 14.3. The minimum Gasteiger partial charge on any atom is -0.387 e. The maximum absolute atomic E-state index is 9.70. The molecule has 0 aliphatic heterocycles. The van der Waals surface area contributed by atoms with Crippen molar-refractivity contribution in [3.05, 3.63) is 30.1 Å². The number of fused-ring (bicyclic) bond motifs is 1. The molecule has 86 valence electrons. The van der Waals surface area contributed by atoms with E-state index in [2.05, 4.69) is 30.7 Å². The van der Waals surface area contributed by atoms with Gasteiger partial charge in [-0.2, -0.15) is 0 Å². The Labute approximate surface area is 95.0 Å². The molecule has 0 aliphatic carbocycles. The molecule has 0 saturated heterocycles. The van der Waals surface area contributed by atoms with Crippen LogP contribution in [0.5, 0.6) is 0 Å². The molecule has 0 aromatic carbocycles. The summed E-state index contributed by atoms with van der Waals surface area (Å²) in [5, 5.41) is 9.70. The Hall–Kier alpha value is -1.42. The maximum Gasteiger partial charge on any atom is 0.119 e. The van der Waals surface area contributed by atoms with Crippen LogP contribution in [0.4, 0.5) is 0 Å². The number of imidazole rings is 1. The second-order valence-electron chi connectivity index (χ2n) is 5.08. The highest BCUT2D eigenvalue weighted by molar-refractivity contribution is 5.52. The molecule has 0 aliphatic rings. The highest BCUT2D eigenvalue weighted by Crippen LogP contribution is 2.26. The zero-order chi connectivity index (χ0) is 11.9. The Balaban J connectivity index is 2.77. The standard InChI is InChI=1S/C12H17N3O/c1-8(16)10-9-7-13-5-6-15(9)11(14-10)12(2,3)4/h5-8,16H,1-4H3. The van der Waals surface area contributed by atoms with Gasteiger partial charge in [0.15, 0.2) is 0 Å². The van der Waals surface area contributed by atoms with Crippen molar-refractivity contribution in [3.63, 3.8) is 0 Å². The molecule has 0 amide bonds. The fourth-order valence-corrected chi connectivity index (χ4v) is 1.80. The van der Waals surface area contributed by atoms with Crippen LogP contribution in [0, 0.1) is 0 Å². The van der Waals surface area contributed by atoms with Crippen LogP contribution in [0.3, 0.4) is 0 Å². The Kier molecular flexibility index (Phi) is 2.46. The summed E-state index contributed by atoms with van der Waals surface area (Å²) in [4.78, 5) is 8.61. The van der Waals surface area contributed by atoms with Gasteiger partial charge in [0, 0.05) is 17.8 Å². The van der Waals surface area contributed by atoms with Crippen molar-refractivity contribution in [2.24, 2.45) is 0 Å². The third kappa shape index (κ3) is 1.69. The summed E-state index contributed by atoms with van der Waals surface area (Å²) >= 11 is 0. The molecule has 4 nitrogen and oxygen atoms in total. The molecule has 2 heterocycles. The van der Waals surface area contributed by atoms with Crippen molar-refractivity contribution in [1.29, 1.82) is 0 Å². The minimum atomic E-state index is -0.574. The minimum absolute atomic E-state index is 0.0581. The molecule has 1 unspecified atom stereocenters. The Morgan fingerprint density at radius 3 is 2.62 bits per heavy atom. The van der Waals surface area contributed by atoms with Gasteiger partial charge >= 0.3 is 0 Å². The third-order valence-electron chi connectivity index (χ3n) is 2.54. The van der Waals surface area contributed by atoms with Gasteiger partial charge in [-0.15, -0.1) is 0 Å². The van der Waals surface area contributed by atoms with Crippen molar-refractivity contribution in [3.8, 4) is 0 Å². The Bertz CT molecular complexity index is 508. The second-order valence-corrected chi connectivity index (χ2v) is 5.08. The number of aliphatic hydroxyl groups is 1. The van der Waals surface area contributed by atoms with E-state index in [0.29, 0.717) is 5.69 Å². The summed E-state index contributed by atoms with van der Waals surface area (Å²) in [5.41, 5.74) is 1.51. The summed E-state index contributed by atoms with van der Waals surface area (Å²) in [6, 6.07) is 0. The predicted molar refractivity (Wildman–Crippen MR) is 62.3 cm³/mol. The molecule has 0 saturated carbocycles. The van der Waals surface area contributed by atoms with Gasteiger partial charge in [0.05, 0.1) is 23.5 Å². The molecular formula is C12H17N3O. The van der Waals surface area contributed by atoms with E-state index < -0.39 is 6.10 Å². The Morgan fingerprint density at radius 2 is 2.06 bits per heavy atom. The number of rotatable bonds is 1. The van der Waals surface area contributed by atoms with Gasteiger partial charge in [0.25, 0.3) is 0 Å². The van der Waals surface area contributed by atoms with E-state index in [-0.39, 0.29) is 5.41 Å². The molecule has 0 spiro atoms. The molecular weight excluding hydrogens is 202 g/mol. The molecule has 1 N–H and O–H groups in total. The summed E-state index contributed by atoms with van der Waals surface area (Å²) in [6.45, 7) is 8.04.